The van der Waals surface area contributed by atoms with E-state index in [4.69, 9.17) is 56.7 Å². The molecule has 0 saturated heterocycles. The van der Waals surface area contributed by atoms with E-state index < -0.39 is 0 Å². The molecule has 8 aromatic carbocycles. The van der Waals surface area contributed by atoms with Gasteiger partial charge in [0.2, 0.25) is 0 Å². The summed E-state index contributed by atoms with van der Waals surface area (Å²) in [6, 6.07) is 75.8. The van der Waals surface area contributed by atoms with Crippen LogP contribution >= 0.6 is 0 Å². The van der Waals surface area contributed by atoms with Crippen LogP contribution in [-0.4, -0.2) is 41.0 Å². The summed E-state index contributed by atoms with van der Waals surface area (Å²) in [5.74, 6) is 0.280. The van der Waals surface area contributed by atoms with Gasteiger partial charge in [0.15, 0.2) is 0 Å². The fraction of sp³-hybridized carbons (Fsp3) is 0.351. The van der Waals surface area contributed by atoms with Gasteiger partial charge in [-0.25, -0.2) is 0 Å². The lowest BCUT2D eigenvalue weighted by atomic mass is 9.86. The molecule has 0 saturated carbocycles. The van der Waals surface area contributed by atoms with Gasteiger partial charge < -0.3 is 61.8 Å². The maximum Gasteiger partial charge on any atom is 0.0773 e. The smallest absolute Gasteiger partial charge is 0.0773 e. The van der Waals surface area contributed by atoms with Crippen LogP contribution in [0.2, 0.25) is 0 Å². The maximum atomic E-state index is 9.39. The average molecular weight is 1150 g/mol. The van der Waals surface area contributed by atoms with E-state index >= 15 is 0 Å². The van der Waals surface area contributed by atoms with E-state index in [2.05, 4.69) is 132 Å². The average Bonchev–Trinajstić information content (AvgIpc) is 4.02. The lowest BCUT2D eigenvalue weighted by molar-refractivity contribution is 0.158. The third kappa shape index (κ3) is 30.8. The van der Waals surface area contributed by atoms with Crippen molar-refractivity contribution in [1.82, 2.24) is 0 Å². The predicted molar refractivity (Wildman–Crippen MR) is 363 cm³/mol. The molecular weight excluding hydrogens is 1050 g/mol. The van der Waals surface area contributed by atoms with Crippen LogP contribution < -0.4 is 51.6 Å². The summed E-state index contributed by atoms with van der Waals surface area (Å²) in [6.45, 7) is 18.3. The van der Waals surface area contributed by atoms with E-state index in [1.54, 1.807) is 6.92 Å². The molecule has 0 bridgehead atoms. The molecule has 1 aliphatic rings. The Balaban J connectivity index is 0.000000339. The van der Waals surface area contributed by atoms with Crippen molar-refractivity contribution in [3.8, 4) is 0 Å². The summed E-state index contributed by atoms with van der Waals surface area (Å²) in [7, 11) is 0. The fourth-order valence-electron chi connectivity index (χ4n) is 8.70. The molecule has 0 aromatic heterocycles. The second kappa shape index (κ2) is 43.0. The zero-order chi connectivity index (χ0) is 63.1. The molecule has 85 heavy (non-hydrogen) atoms. The molecule has 8 aromatic rings. The van der Waals surface area contributed by atoms with E-state index in [0.29, 0.717) is 12.5 Å². The first-order valence-corrected chi connectivity index (χ1v) is 30.2. The van der Waals surface area contributed by atoms with E-state index in [0.717, 1.165) is 16.7 Å². The summed E-state index contributed by atoms with van der Waals surface area (Å²) in [6.07, 6.45) is 5.44. The van der Waals surface area contributed by atoms with Gasteiger partial charge in [-0.05, 0) is 112 Å². The molecule has 10 atom stereocenters. The summed E-state index contributed by atoms with van der Waals surface area (Å²) in [5.41, 5.74) is 64.8. The van der Waals surface area contributed by atoms with E-state index in [-0.39, 0.29) is 67.0 Å². The SMILES string of the molecule is CCCCC[C@@H](C)N.C[C@@H](N)C(c1ccccc1)c1ccccc1.C[C@@H](N)CO.C[C@@H](N)c1ccccc1.Cc1ccc([C@@H](C)N)cc1.Cc1ccc([C@@H](C)N)cc1.N[C@H](c1ccccc1)[C@H](N)c1ccccc1.N[C@H]1c2ccccc2C[C@H]1O. The van der Waals surface area contributed by atoms with Crippen molar-refractivity contribution in [2.75, 3.05) is 6.61 Å². The molecule has 0 heterocycles. The van der Waals surface area contributed by atoms with Crippen LogP contribution in [0.1, 0.15) is 178 Å². The van der Waals surface area contributed by atoms with E-state index in [1.165, 1.54) is 70.2 Å². The van der Waals surface area contributed by atoms with Gasteiger partial charge in [-0.15, -0.1) is 0 Å². The molecule has 9 rings (SSSR count). The Bertz CT molecular complexity index is 2710. The highest BCUT2D eigenvalue weighted by molar-refractivity contribution is 5.36. The minimum atomic E-state index is -0.382. The molecule has 0 fully saturated rings. The molecule has 1 aliphatic carbocycles. The third-order valence-electron chi connectivity index (χ3n) is 13.9. The van der Waals surface area contributed by atoms with Crippen LogP contribution in [0.25, 0.3) is 0 Å². The standard InChI is InChI=1S/C15H17N.C14H16N2.C9H11NO.2C9H13N.C8H11N.C7H17N.C3H9NO/c1-12(16)15(13-8-4-2-5-9-13)14-10-6-3-7-11-14;15-13(11-7-3-1-4-8-11)14(16)12-9-5-2-6-10-12;10-9-7-4-2-1-3-6(7)5-8(9)11;2*1-7-3-5-9(6-4-7)8(2)10;1-7(9)8-5-3-2-4-6-8;1-3-4-5-6-7(2)8;1-3(4)2-5/h2-12,15H,16H2,1H3;1-10,13-14H,15-16H2;1-4,8-9,11H,5,10H2;2*3-6,8H,10H2,1-2H3;2-7H,9H2,1H3;7H,3-6,8H2,1-2H3;3,5H,2,4H2,1H3/t12-;13-,14-;8-,9+;2*8-;2*7-;3-/m11111111/s1. The van der Waals surface area contributed by atoms with Gasteiger partial charge in [0.05, 0.1) is 18.8 Å². The first-order chi connectivity index (χ1) is 40.6. The Kier molecular flexibility index (Phi) is 37.7. The molecule has 11 nitrogen and oxygen atoms in total. The van der Waals surface area contributed by atoms with Gasteiger partial charge in [-0.2, -0.15) is 0 Å². The first kappa shape index (κ1) is 74.4. The number of aliphatic hydroxyl groups is 2. The van der Waals surface area contributed by atoms with Gasteiger partial charge in [0.25, 0.3) is 0 Å². The largest absolute Gasteiger partial charge is 0.395 e. The number of aryl methyl sites for hydroxylation is 2. The lowest BCUT2D eigenvalue weighted by Gasteiger charge is -2.21. The van der Waals surface area contributed by atoms with Crippen molar-refractivity contribution in [3.05, 3.63) is 286 Å². The Morgan fingerprint density at radius 2 is 0.706 bits per heavy atom. The van der Waals surface area contributed by atoms with E-state index in [9.17, 15) is 5.11 Å². The van der Waals surface area contributed by atoms with Crippen LogP contribution in [0.4, 0.5) is 0 Å². The third-order valence-corrected chi connectivity index (χ3v) is 13.9. The molecule has 460 valence electrons. The van der Waals surface area contributed by atoms with Gasteiger partial charge in [0, 0.05) is 60.7 Å². The number of hydrogen-bond acceptors (Lipinski definition) is 11. The van der Waals surface area contributed by atoms with Gasteiger partial charge in [-0.1, -0.05) is 262 Å². The van der Waals surface area contributed by atoms with Crippen molar-refractivity contribution in [2.24, 2.45) is 51.6 Å². The van der Waals surface area contributed by atoms with Crippen molar-refractivity contribution < 1.29 is 10.2 Å². The predicted octanol–water partition coefficient (Wildman–Crippen LogP) is 13.1. The number of aliphatic hydroxyl groups excluding tert-OH is 2. The number of rotatable bonds is 14. The highest BCUT2D eigenvalue weighted by atomic mass is 16.3. The molecule has 11 heteroatoms. The highest BCUT2D eigenvalue weighted by Gasteiger charge is 2.27. The number of unbranched alkanes of at least 4 members (excludes halogenated alkanes) is 2. The Labute approximate surface area is 512 Å². The van der Waals surface area contributed by atoms with Crippen molar-refractivity contribution in [2.45, 2.75) is 161 Å². The summed E-state index contributed by atoms with van der Waals surface area (Å²) < 4.78 is 0. The summed E-state index contributed by atoms with van der Waals surface area (Å²) >= 11 is 0. The number of benzene rings is 8. The topological polar surface area (TPSA) is 275 Å². The fourth-order valence-corrected chi connectivity index (χ4v) is 8.70. The molecule has 20 N–H and O–H groups in total. The van der Waals surface area contributed by atoms with Crippen LogP contribution in [-0.2, 0) is 6.42 Å². The van der Waals surface area contributed by atoms with Crippen molar-refractivity contribution >= 4 is 0 Å². The number of nitrogens with two attached hydrogens (primary N) is 9. The second-order valence-corrected chi connectivity index (χ2v) is 22.3. The molecule has 0 amide bonds. The zero-order valence-electron chi connectivity index (χ0n) is 52.5. The number of hydrogen-bond donors (Lipinski definition) is 11. The summed E-state index contributed by atoms with van der Waals surface area (Å²) in [5, 5.41) is 17.4. The zero-order valence-corrected chi connectivity index (χ0v) is 52.5. The Morgan fingerprint density at radius 3 is 0.988 bits per heavy atom. The van der Waals surface area contributed by atoms with Crippen molar-refractivity contribution in [1.29, 1.82) is 0 Å². The molecule has 0 radical (unpaired) electrons. The van der Waals surface area contributed by atoms with Crippen molar-refractivity contribution in [3.63, 3.8) is 0 Å². The Morgan fingerprint density at radius 1 is 0.400 bits per heavy atom. The molecule has 0 spiro atoms. The van der Waals surface area contributed by atoms with Gasteiger partial charge in [-0.3, -0.25) is 0 Å². The van der Waals surface area contributed by atoms with Crippen LogP contribution in [0.3, 0.4) is 0 Å². The van der Waals surface area contributed by atoms with Crippen LogP contribution in [0.15, 0.2) is 224 Å². The quantitative estimate of drug-likeness (QED) is 0.0456. The number of fused-ring (bicyclic) bond motifs is 1. The minimum absolute atomic E-state index is 0.0602. The van der Waals surface area contributed by atoms with Crippen LogP contribution in [0.5, 0.6) is 0 Å². The molecule has 0 aliphatic heterocycles. The van der Waals surface area contributed by atoms with Gasteiger partial charge in [0.1, 0.15) is 0 Å². The Hall–Kier alpha value is -6.68. The highest BCUT2D eigenvalue weighted by Crippen LogP contribution is 2.29. The first-order valence-electron chi connectivity index (χ1n) is 30.2. The maximum absolute atomic E-state index is 9.39. The van der Waals surface area contributed by atoms with Crippen LogP contribution in [0, 0.1) is 13.8 Å². The van der Waals surface area contributed by atoms with E-state index in [1.807, 2.05) is 148 Å². The molecule has 0 unspecified atom stereocenters. The normalized spacial score (nSPS) is 15.4. The summed E-state index contributed by atoms with van der Waals surface area (Å²) in [4.78, 5) is 0. The minimum Gasteiger partial charge on any atom is -0.395 e. The molecular formula is C74H107N9O2. The lowest BCUT2D eigenvalue weighted by Crippen LogP contribution is -2.26. The monoisotopic (exact) mass is 1150 g/mol. The van der Waals surface area contributed by atoms with Gasteiger partial charge >= 0.3 is 0 Å². The second-order valence-electron chi connectivity index (χ2n) is 22.3.